The maximum atomic E-state index is 12.1. The van der Waals surface area contributed by atoms with E-state index in [0.717, 1.165) is 5.56 Å². The van der Waals surface area contributed by atoms with Gasteiger partial charge in [-0.2, -0.15) is 5.10 Å². The van der Waals surface area contributed by atoms with E-state index in [1.807, 2.05) is 25.1 Å². The zero-order valence-corrected chi connectivity index (χ0v) is 12.3. The molecule has 2 aromatic rings. The van der Waals surface area contributed by atoms with E-state index in [2.05, 4.69) is 15.5 Å². The number of amides is 1. The van der Waals surface area contributed by atoms with Crippen LogP contribution >= 0.6 is 0 Å². The third-order valence-electron chi connectivity index (χ3n) is 3.20. The molecule has 0 bridgehead atoms. The first-order chi connectivity index (χ1) is 10.1. The number of ether oxygens (including phenoxy) is 2. The average Bonchev–Trinajstić information content (AvgIpc) is 2.99. The Balaban J connectivity index is 2.01. The second kappa shape index (κ2) is 6.78. The van der Waals surface area contributed by atoms with Crippen molar-refractivity contribution in [3.8, 4) is 11.5 Å². The van der Waals surface area contributed by atoms with Gasteiger partial charge in [0.25, 0.3) is 0 Å². The number of hydrogen-bond acceptors (Lipinski definition) is 4. The van der Waals surface area contributed by atoms with E-state index in [9.17, 15) is 4.79 Å². The Morgan fingerprint density at radius 3 is 2.67 bits per heavy atom. The molecule has 0 fully saturated rings. The standard InChI is InChI=1S/C15H19N3O3/c1-10(15(19)17-14-6-7-16-18-14)8-11-4-5-12(20-2)13(9-11)21-3/h4-7,9-10H,8H2,1-3H3,(H2,16,17,18,19). The fourth-order valence-electron chi connectivity index (χ4n) is 2.04. The van der Waals surface area contributed by atoms with Crippen LogP contribution in [0.4, 0.5) is 5.82 Å². The molecule has 1 unspecified atom stereocenters. The van der Waals surface area contributed by atoms with Gasteiger partial charge in [-0.15, -0.1) is 0 Å². The molecule has 0 saturated carbocycles. The minimum atomic E-state index is -0.175. The van der Waals surface area contributed by atoms with Crippen molar-refractivity contribution in [3.63, 3.8) is 0 Å². The molecule has 0 saturated heterocycles. The maximum Gasteiger partial charge on any atom is 0.228 e. The summed E-state index contributed by atoms with van der Waals surface area (Å²) < 4.78 is 10.5. The van der Waals surface area contributed by atoms with Crippen LogP contribution in [0.25, 0.3) is 0 Å². The van der Waals surface area contributed by atoms with Crippen LogP contribution in [0.1, 0.15) is 12.5 Å². The van der Waals surface area contributed by atoms with E-state index in [0.29, 0.717) is 23.7 Å². The largest absolute Gasteiger partial charge is 0.493 e. The Bertz CT molecular complexity index is 596. The molecule has 112 valence electrons. The fraction of sp³-hybridized carbons (Fsp3) is 0.333. The van der Waals surface area contributed by atoms with Gasteiger partial charge in [-0.3, -0.25) is 9.89 Å². The lowest BCUT2D eigenvalue weighted by atomic mass is 10.00. The van der Waals surface area contributed by atoms with E-state index in [-0.39, 0.29) is 11.8 Å². The number of nitrogens with zero attached hydrogens (tertiary/aromatic N) is 1. The quantitative estimate of drug-likeness (QED) is 0.855. The molecule has 0 aliphatic heterocycles. The van der Waals surface area contributed by atoms with Crippen LogP contribution in [0.15, 0.2) is 30.5 Å². The van der Waals surface area contributed by atoms with Gasteiger partial charge in [0.15, 0.2) is 11.5 Å². The first-order valence-corrected chi connectivity index (χ1v) is 6.65. The summed E-state index contributed by atoms with van der Waals surface area (Å²) in [5.74, 6) is 1.70. The summed E-state index contributed by atoms with van der Waals surface area (Å²) in [5, 5.41) is 9.27. The highest BCUT2D eigenvalue weighted by Gasteiger charge is 2.15. The molecule has 6 nitrogen and oxygen atoms in total. The molecule has 0 aliphatic rings. The van der Waals surface area contributed by atoms with Gasteiger partial charge in [-0.1, -0.05) is 13.0 Å². The van der Waals surface area contributed by atoms with E-state index in [1.165, 1.54) is 0 Å². The zero-order valence-electron chi connectivity index (χ0n) is 12.3. The van der Waals surface area contributed by atoms with Gasteiger partial charge >= 0.3 is 0 Å². The number of hydrogen-bond donors (Lipinski definition) is 2. The van der Waals surface area contributed by atoms with Crippen LogP contribution in [0.2, 0.25) is 0 Å². The van der Waals surface area contributed by atoms with Gasteiger partial charge in [0.1, 0.15) is 5.82 Å². The molecular weight excluding hydrogens is 270 g/mol. The molecule has 1 heterocycles. The van der Waals surface area contributed by atoms with Crippen LogP contribution in [-0.4, -0.2) is 30.3 Å². The fourth-order valence-corrected chi connectivity index (χ4v) is 2.04. The number of nitrogens with one attached hydrogen (secondary N) is 2. The predicted molar refractivity (Wildman–Crippen MR) is 79.6 cm³/mol. The van der Waals surface area contributed by atoms with Crippen LogP contribution < -0.4 is 14.8 Å². The molecule has 0 spiro atoms. The summed E-state index contributed by atoms with van der Waals surface area (Å²) >= 11 is 0. The topological polar surface area (TPSA) is 76.2 Å². The van der Waals surface area contributed by atoms with Gasteiger partial charge in [0.05, 0.1) is 20.4 Å². The monoisotopic (exact) mass is 289 g/mol. The summed E-state index contributed by atoms with van der Waals surface area (Å²) in [6.45, 7) is 1.88. The number of anilines is 1. The van der Waals surface area contributed by atoms with Crippen molar-refractivity contribution in [3.05, 3.63) is 36.0 Å². The number of rotatable bonds is 6. The van der Waals surface area contributed by atoms with Gasteiger partial charge in [0, 0.05) is 12.0 Å². The molecule has 1 aromatic heterocycles. The van der Waals surface area contributed by atoms with Crippen molar-refractivity contribution >= 4 is 11.7 Å². The third-order valence-corrected chi connectivity index (χ3v) is 3.20. The van der Waals surface area contributed by atoms with E-state index < -0.39 is 0 Å². The zero-order chi connectivity index (χ0) is 15.2. The van der Waals surface area contributed by atoms with Crippen LogP contribution in [-0.2, 0) is 11.2 Å². The second-order valence-corrected chi connectivity index (χ2v) is 4.75. The third kappa shape index (κ3) is 3.75. The van der Waals surface area contributed by atoms with Crippen molar-refractivity contribution in [2.75, 3.05) is 19.5 Å². The molecule has 0 radical (unpaired) electrons. The lowest BCUT2D eigenvalue weighted by Crippen LogP contribution is -2.22. The molecule has 6 heteroatoms. The number of H-pyrrole nitrogens is 1. The molecule has 1 aromatic carbocycles. The van der Waals surface area contributed by atoms with E-state index in [1.54, 1.807) is 26.5 Å². The Labute approximate surface area is 123 Å². The normalized spacial score (nSPS) is 11.8. The Morgan fingerprint density at radius 2 is 2.05 bits per heavy atom. The highest BCUT2D eigenvalue weighted by Crippen LogP contribution is 2.28. The van der Waals surface area contributed by atoms with Crippen LogP contribution in [0.3, 0.4) is 0 Å². The number of aromatic nitrogens is 2. The van der Waals surface area contributed by atoms with Gasteiger partial charge < -0.3 is 14.8 Å². The number of methoxy groups -OCH3 is 2. The number of carbonyl (C=O) groups excluding carboxylic acids is 1. The lowest BCUT2D eigenvalue weighted by molar-refractivity contribution is -0.119. The summed E-state index contributed by atoms with van der Waals surface area (Å²) in [6, 6.07) is 7.37. The number of carbonyl (C=O) groups is 1. The minimum absolute atomic E-state index is 0.0611. The van der Waals surface area contributed by atoms with Crippen molar-refractivity contribution in [1.82, 2.24) is 10.2 Å². The average molecular weight is 289 g/mol. The number of aromatic amines is 1. The molecule has 2 N–H and O–H groups in total. The first kappa shape index (κ1) is 14.9. The summed E-state index contributed by atoms with van der Waals surface area (Å²) in [5.41, 5.74) is 1.01. The van der Waals surface area contributed by atoms with E-state index in [4.69, 9.17) is 9.47 Å². The molecular formula is C15H19N3O3. The van der Waals surface area contributed by atoms with Crippen molar-refractivity contribution in [2.24, 2.45) is 5.92 Å². The van der Waals surface area contributed by atoms with Gasteiger partial charge in [0.2, 0.25) is 5.91 Å². The van der Waals surface area contributed by atoms with Gasteiger partial charge in [-0.25, -0.2) is 0 Å². The summed E-state index contributed by atoms with van der Waals surface area (Å²) in [4.78, 5) is 12.1. The predicted octanol–water partition coefficient (Wildman–Crippen LogP) is 2.24. The molecule has 1 atom stereocenters. The Morgan fingerprint density at radius 1 is 1.29 bits per heavy atom. The van der Waals surface area contributed by atoms with Crippen molar-refractivity contribution < 1.29 is 14.3 Å². The van der Waals surface area contributed by atoms with Crippen molar-refractivity contribution in [2.45, 2.75) is 13.3 Å². The van der Waals surface area contributed by atoms with Gasteiger partial charge in [-0.05, 0) is 24.1 Å². The van der Waals surface area contributed by atoms with Crippen molar-refractivity contribution in [1.29, 1.82) is 0 Å². The molecule has 1 amide bonds. The molecule has 0 aliphatic carbocycles. The maximum absolute atomic E-state index is 12.1. The lowest BCUT2D eigenvalue weighted by Gasteiger charge is -2.13. The number of benzene rings is 1. The van der Waals surface area contributed by atoms with Crippen LogP contribution in [0, 0.1) is 5.92 Å². The summed E-state index contributed by atoms with van der Waals surface area (Å²) in [6.07, 6.45) is 2.20. The highest BCUT2D eigenvalue weighted by molar-refractivity contribution is 5.91. The van der Waals surface area contributed by atoms with E-state index >= 15 is 0 Å². The molecule has 2 rings (SSSR count). The Kier molecular flexibility index (Phi) is 4.81. The SMILES string of the molecule is COc1ccc(CC(C)C(=O)Nc2ccn[nH]2)cc1OC. The summed E-state index contributed by atoms with van der Waals surface area (Å²) in [7, 11) is 3.19. The molecule has 21 heavy (non-hydrogen) atoms. The highest BCUT2D eigenvalue weighted by atomic mass is 16.5. The Hall–Kier alpha value is -2.50. The second-order valence-electron chi connectivity index (χ2n) is 4.75. The first-order valence-electron chi connectivity index (χ1n) is 6.65. The minimum Gasteiger partial charge on any atom is -0.493 e. The van der Waals surface area contributed by atoms with Crippen LogP contribution in [0.5, 0.6) is 11.5 Å². The smallest absolute Gasteiger partial charge is 0.228 e.